The normalized spacial score (nSPS) is 36.8. The van der Waals surface area contributed by atoms with E-state index in [-0.39, 0.29) is 89.0 Å². The molecule has 0 aliphatic heterocycles. The summed E-state index contributed by atoms with van der Waals surface area (Å²) < 4.78 is 6.18. The first-order valence-electron chi connectivity index (χ1n) is 22.7. The number of ketones is 1. The minimum Gasteiger partial charge on any atom is -0.481 e. The van der Waals surface area contributed by atoms with Crippen LogP contribution in [0.3, 0.4) is 0 Å². The number of nitrogens with zero attached hydrogens (tertiary/aromatic N) is 2. The number of aliphatic hydroxyl groups excluding tert-OH is 1. The second-order valence-electron chi connectivity index (χ2n) is 22.5. The number of amides is 2. The largest absolute Gasteiger partial charge is 0.481 e. The summed E-state index contributed by atoms with van der Waals surface area (Å²) in [6.07, 6.45) is 10.4. The van der Waals surface area contributed by atoms with Gasteiger partial charge in [-0.25, -0.2) is 0 Å². The minimum atomic E-state index is -1.19. The molecule has 6 rings (SSSR count). The van der Waals surface area contributed by atoms with Crippen LogP contribution >= 0.6 is 0 Å². The fraction of sp³-hybridized carbons (Fsp3) is 0.854. The second kappa shape index (κ2) is 15.7. The summed E-state index contributed by atoms with van der Waals surface area (Å²) in [6, 6.07) is 0. The van der Waals surface area contributed by atoms with Crippen LogP contribution in [0.4, 0.5) is 0 Å². The number of allylic oxidation sites excluding steroid dienone is 1. The number of carboxylic acid groups (broad SMARTS) is 1. The maximum absolute atomic E-state index is 14.3. The molecule has 58 heavy (non-hydrogen) atoms. The molecule has 10 nitrogen and oxygen atoms in total. The van der Waals surface area contributed by atoms with E-state index in [0.717, 1.165) is 88.2 Å². The third kappa shape index (κ3) is 7.23. The zero-order valence-corrected chi connectivity index (χ0v) is 37.8. The smallest absolute Gasteiger partial charge is 0.309 e. The second-order valence-corrected chi connectivity index (χ2v) is 22.5. The molecule has 0 unspecified atom stereocenters. The number of aliphatic hydroxyl groups is 1. The van der Waals surface area contributed by atoms with E-state index in [9.17, 15) is 34.2 Å². The molecule has 5 saturated carbocycles. The topological polar surface area (TPSA) is 142 Å². The van der Waals surface area contributed by atoms with E-state index in [1.54, 1.807) is 18.7 Å². The van der Waals surface area contributed by atoms with Crippen molar-refractivity contribution in [2.75, 3.05) is 27.2 Å². The van der Waals surface area contributed by atoms with Crippen molar-refractivity contribution < 1.29 is 38.9 Å². The van der Waals surface area contributed by atoms with Gasteiger partial charge in [-0.05, 0) is 138 Å². The van der Waals surface area contributed by atoms with Crippen molar-refractivity contribution in [3.8, 4) is 0 Å². The molecule has 2 amide bonds. The molecule has 326 valence electrons. The molecule has 10 heteroatoms. The van der Waals surface area contributed by atoms with Gasteiger partial charge in [-0.1, -0.05) is 73.3 Å². The Morgan fingerprint density at radius 3 is 2.10 bits per heavy atom. The molecule has 0 heterocycles. The Morgan fingerprint density at radius 1 is 0.845 bits per heavy atom. The number of esters is 1. The Morgan fingerprint density at radius 2 is 1.50 bits per heavy atom. The van der Waals surface area contributed by atoms with Crippen LogP contribution < -0.4 is 0 Å². The van der Waals surface area contributed by atoms with Gasteiger partial charge in [0.05, 0.1) is 31.0 Å². The molecule has 0 bridgehead atoms. The van der Waals surface area contributed by atoms with Gasteiger partial charge in [0.25, 0.3) is 0 Å². The number of aliphatic carboxylic acids is 1. The van der Waals surface area contributed by atoms with Gasteiger partial charge in [-0.15, -0.1) is 0 Å². The Labute approximate surface area is 348 Å². The summed E-state index contributed by atoms with van der Waals surface area (Å²) in [4.78, 5) is 70.4. The highest BCUT2D eigenvalue weighted by Gasteiger charge is 2.71. The zero-order valence-electron chi connectivity index (χ0n) is 37.8. The van der Waals surface area contributed by atoms with Gasteiger partial charge in [0, 0.05) is 23.2 Å². The van der Waals surface area contributed by atoms with Gasteiger partial charge in [0.1, 0.15) is 6.10 Å². The van der Waals surface area contributed by atoms with Gasteiger partial charge in [-0.3, -0.25) is 28.9 Å². The highest BCUT2D eigenvalue weighted by Crippen LogP contribution is 2.77. The van der Waals surface area contributed by atoms with Crippen LogP contribution in [0.15, 0.2) is 11.1 Å². The van der Waals surface area contributed by atoms with Crippen molar-refractivity contribution in [2.45, 2.75) is 171 Å². The fourth-order valence-electron chi connectivity index (χ4n) is 14.5. The molecular weight excluding hydrogens is 733 g/mol. The number of carboxylic acids is 1. The number of hydrogen-bond donors (Lipinski definition) is 2. The predicted octanol–water partition coefficient (Wildman–Crippen LogP) is 8.24. The standard InChI is InChI=1S/C48H76N2O8/c1-29(2)39-32(51)25-48(35(52)27-50(37(53)28-49(10)11)41(55)30-15-13-12-14-16-30)24-23-46(8)31(40(39)48)17-18-34-45(7)21-20-36(58-38(54)26-43(3,4)42(56)57)44(5,6)33(45)19-22-47(34,46)9/h29-31,33-36,52H,12-28H2,1-11H3,(H,56,57)/t31-,33+,34-,35+,36+,45+,46-,47-,48+/m1/s1. The Kier molecular flexibility index (Phi) is 12.2. The number of ether oxygens (including phenoxy) is 1. The number of carbonyl (C=O) groups is 5. The maximum Gasteiger partial charge on any atom is 0.309 e. The number of fused-ring (bicyclic) bond motifs is 7. The predicted molar refractivity (Wildman–Crippen MR) is 223 cm³/mol. The third-order valence-corrected chi connectivity index (χ3v) is 17.8. The molecule has 0 aromatic carbocycles. The number of rotatable bonds is 11. The first kappa shape index (κ1) is 44.9. The van der Waals surface area contributed by atoms with Gasteiger partial charge < -0.3 is 19.8 Å². The summed E-state index contributed by atoms with van der Waals surface area (Å²) in [5, 5.41) is 22.3. The van der Waals surface area contributed by atoms with Crippen LogP contribution in [0, 0.1) is 62.1 Å². The van der Waals surface area contributed by atoms with Crippen LogP contribution in [0.2, 0.25) is 0 Å². The molecule has 9 atom stereocenters. The van der Waals surface area contributed by atoms with Crippen molar-refractivity contribution in [3.63, 3.8) is 0 Å². The summed E-state index contributed by atoms with van der Waals surface area (Å²) in [6.45, 7) is 19.3. The van der Waals surface area contributed by atoms with Crippen LogP contribution in [-0.4, -0.2) is 88.9 Å². The highest BCUT2D eigenvalue weighted by atomic mass is 16.5. The lowest BCUT2D eigenvalue weighted by Gasteiger charge is -2.72. The Balaban J connectivity index is 1.30. The van der Waals surface area contributed by atoms with E-state index >= 15 is 0 Å². The first-order chi connectivity index (χ1) is 26.9. The van der Waals surface area contributed by atoms with Gasteiger partial charge >= 0.3 is 11.9 Å². The molecule has 2 N–H and O–H groups in total. The van der Waals surface area contributed by atoms with Crippen molar-refractivity contribution in [1.82, 2.24) is 9.80 Å². The molecular formula is C48H76N2O8. The average molecular weight is 809 g/mol. The van der Waals surface area contributed by atoms with Crippen molar-refractivity contribution in [1.29, 1.82) is 0 Å². The van der Waals surface area contributed by atoms with Crippen molar-refractivity contribution in [2.24, 2.45) is 62.1 Å². The summed E-state index contributed by atoms with van der Waals surface area (Å²) in [5.41, 5.74) is -0.485. The SMILES string of the molecule is CC(C)C1=C2[C@H]3CC[C@@H]4[C@@]5(C)CC[C@H](OC(=O)CC(C)(C)C(=O)O)C(C)(C)[C@@H]5CC[C@@]4(C)[C@]3(C)CC[C@@]2([C@@H](O)CN(C(=O)CN(C)C)C(=O)C2CCCCC2)CC1=O. The fourth-order valence-corrected chi connectivity index (χ4v) is 14.5. The molecule has 0 saturated heterocycles. The quantitative estimate of drug-likeness (QED) is 0.198. The molecule has 5 fully saturated rings. The van der Waals surface area contributed by atoms with Crippen LogP contribution in [0.5, 0.6) is 0 Å². The number of imide groups is 1. The lowest BCUT2D eigenvalue weighted by molar-refractivity contribution is -0.235. The number of carbonyl (C=O) groups excluding carboxylic acids is 4. The average Bonchev–Trinajstić information content (AvgIpc) is 3.44. The molecule has 0 spiro atoms. The van der Waals surface area contributed by atoms with E-state index in [0.29, 0.717) is 18.3 Å². The van der Waals surface area contributed by atoms with Gasteiger partial charge in [-0.2, -0.15) is 0 Å². The van der Waals surface area contributed by atoms with Crippen molar-refractivity contribution in [3.05, 3.63) is 11.1 Å². The Hall–Kier alpha value is -2.59. The summed E-state index contributed by atoms with van der Waals surface area (Å²) >= 11 is 0. The lowest BCUT2D eigenvalue weighted by atomic mass is 9.33. The van der Waals surface area contributed by atoms with Gasteiger partial charge in [0.2, 0.25) is 11.8 Å². The Bertz CT molecular complexity index is 1690. The van der Waals surface area contributed by atoms with Crippen LogP contribution in [-0.2, 0) is 28.7 Å². The monoisotopic (exact) mass is 809 g/mol. The summed E-state index contributed by atoms with van der Waals surface area (Å²) in [5.74, 6) is -1.20. The van der Waals surface area contributed by atoms with E-state index in [1.807, 2.05) is 14.1 Å². The van der Waals surface area contributed by atoms with E-state index < -0.39 is 28.9 Å². The van der Waals surface area contributed by atoms with E-state index in [4.69, 9.17) is 4.74 Å². The summed E-state index contributed by atoms with van der Waals surface area (Å²) in [7, 11) is 3.64. The number of hydrogen-bond acceptors (Lipinski definition) is 8. The first-order valence-corrected chi connectivity index (χ1v) is 22.7. The molecule has 0 aromatic heterocycles. The maximum atomic E-state index is 14.3. The third-order valence-electron chi connectivity index (χ3n) is 17.8. The minimum absolute atomic E-state index is 0.00465. The van der Waals surface area contributed by atoms with Gasteiger partial charge in [0.15, 0.2) is 5.78 Å². The van der Waals surface area contributed by atoms with Crippen LogP contribution in [0.1, 0.15) is 159 Å². The number of likely N-dealkylation sites (N-methyl/N-ethyl adjacent to an activating group) is 1. The number of Topliss-reactive ketones (excluding diaryl/α,β-unsaturated/α-hetero) is 1. The van der Waals surface area contributed by atoms with Crippen molar-refractivity contribution >= 4 is 29.5 Å². The highest BCUT2D eigenvalue weighted by molar-refractivity contribution is 6.01. The van der Waals surface area contributed by atoms with E-state index in [2.05, 4.69) is 48.5 Å². The van der Waals surface area contributed by atoms with E-state index in [1.165, 1.54) is 4.90 Å². The lowest BCUT2D eigenvalue weighted by Crippen LogP contribution is -2.66. The molecule has 6 aliphatic rings. The van der Waals surface area contributed by atoms with Crippen LogP contribution in [0.25, 0.3) is 0 Å². The molecule has 6 aliphatic carbocycles. The molecule has 0 radical (unpaired) electrons. The zero-order chi connectivity index (χ0) is 43.0. The molecule has 0 aromatic rings.